The van der Waals surface area contributed by atoms with Gasteiger partial charge in [0.05, 0.1) is 0 Å². The molecule has 13 heavy (non-hydrogen) atoms. The number of nitrogens with zero attached hydrogens (tertiary/aromatic N) is 1. The quantitative estimate of drug-likeness (QED) is 0.591. The average Bonchev–Trinajstić information content (AvgIpc) is 2.03. The number of carbonyl (C=O) groups excluding carboxylic acids is 1. The zero-order valence-corrected chi connectivity index (χ0v) is 8.29. The van der Waals surface area contributed by atoms with E-state index in [4.69, 9.17) is 5.73 Å². The number of nitrogens with two attached hydrogens (primary N) is 1. The molecule has 0 aromatic carbocycles. The van der Waals surface area contributed by atoms with Gasteiger partial charge in [0.25, 0.3) is 5.91 Å². The third-order valence-electron chi connectivity index (χ3n) is 2.35. The smallest absolute Gasteiger partial charge is 0.253 e. The Labute approximate surface area is 78.7 Å². The first-order chi connectivity index (χ1) is 5.91. The molecule has 1 fully saturated rings. The van der Waals surface area contributed by atoms with E-state index in [2.05, 4.69) is 0 Å². The van der Waals surface area contributed by atoms with Crippen LogP contribution in [0.5, 0.6) is 0 Å². The standard InChI is InChI=1S/C9H18N2O2/c1-9(2,13)8(12)11-5-3-7(10)4-6-11/h7,13H,3-6,10H2,1-2H3. The molecule has 1 rings (SSSR count). The molecule has 0 aromatic rings. The van der Waals surface area contributed by atoms with Gasteiger partial charge in [-0.25, -0.2) is 0 Å². The van der Waals surface area contributed by atoms with E-state index in [1.807, 2.05) is 0 Å². The first-order valence-electron chi connectivity index (χ1n) is 4.68. The van der Waals surface area contributed by atoms with Crippen molar-refractivity contribution < 1.29 is 9.90 Å². The first-order valence-corrected chi connectivity index (χ1v) is 4.68. The van der Waals surface area contributed by atoms with E-state index in [0.29, 0.717) is 13.1 Å². The molecule has 0 radical (unpaired) electrons. The van der Waals surface area contributed by atoms with E-state index in [-0.39, 0.29) is 11.9 Å². The molecule has 0 bridgehead atoms. The summed E-state index contributed by atoms with van der Waals surface area (Å²) in [5.41, 5.74) is 4.46. The van der Waals surface area contributed by atoms with Crippen molar-refractivity contribution >= 4 is 5.91 Å². The summed E-state index contributed by atoms with van der Waals surface area (Å²) >= 11 is 0. The van der Waals surface area contributed by atoms with Gasteiger partial charge in [0, 0.05) is 19.1 Å². The van der Waals surface area contributed by atoms with Gasteiger partial charge in [0.1, 0.15) is 5.60 Å². The Bertz CT molecular complexity index is 190. The molecule has 76 valence electrons. The van der Waals surface area contributed by atoms with Crippen molar-refractivity contribution in [3.8, 4) is 0 Å². The molecule has 0 saturated carbocycles. The number of carbonyl (C=O) groups is 1. The van der Waals surface area contributed by atoms with E-state index in [9.17, 15) is 9.90 Å². The number of piperidine rings is 1. The van der Waals surface area contributed by atoms with Crippen molar-refractivity contribution in [1.82, 2.24) is 4.90 Å². The topological polar surface area (TPSA) is 66.6 Å². The van der Waals surface area contributed by atoms with Gasteiger partial charge in [0.2, 0.25) is 0 Å². The lowest BCUT2D eigenvalue weighted by molar-refractivity contribution is -0.148. The predicted molar refractivity (Wildman–Crippen MR) is 50.1 cm³/mol. The molecule has 3 N–H and O–H groups in total. The van der Waals surface area contributed by atoms with Crippen LogP contribution in [0.25, 0.3) is 0 Å². The van der Waals surface area contributed by atoms with Crippen molar-refractivity contribution in [3.05, 3.63) is 0 Å². The third kappa shape index (κ3) is 2.67. The van der Waals surface area contributed by atoms with E-state index in [1.54, 1.807) is 4.90 Å². The van der Waals surface area contributed by atoms with Crippen LogP contribution >= 0.6 is 0 Å². The summed E-state index contributed by atoms with van der Waals surface area (Å²) in [7, 11) is 0. The number of rotatable bonds is 1. The number of hydrogen-bond donors (Lipinski definition) is 2. The maximum atomic E-state index is 11.6. The van der Waals surface area contributed by atoms with Gasteiger partial charge in [0.15, 0.2) is 0 Å². The number of amides is 1. The summed E-state index contributed by atoms with van der Waals surface area (Å²) in [4.78, 5) is 13.2. The van der Waals surface area contributed by atoms with Crippen LogP contribution in [-0.2, 0) is 4.79 Å². The van der Waals surface area contributed by atoms with Crippen molar-refractivity contribution in [2.45, 2.75) is 38.3 Å². The second kappa shape index (κ2) is 3.64. The summed E-state index contributed by atoms with van der Waals surface area (Å²) in [6.45, 7) is 4.38. The number of aliphatic hydroxyl groups is 1. The maximum absolute atomic E-state index is 11.6. The molecule has 0 atom stereocenters. The molecular formula is C9H18N2O2. The lowest BCUT2D eigenvalue weighted by atomic mass is 10.0. The summed E-state index contributed by atoms with van der Waals surface area (Å²) in [5.74, 6) is -0.195. The Kier molecular flexibility index (Phi) is 2.93. The highest BCUT2D eigenvalue weighted by molar-refractivity contribution is 5.84. The van der Waals surface area contributed by atoms with E-state index < -0.39 is 5.60 Å². The molecule has 0 aliphatic carbocycles. The van der Waals surface area contributed by atoms with Crippen LogP contribution in [-0.4, -0.2) is 40.6 Å². The number of hydrogen-bond acceptors (Lipinski definition) is 3. The van der Waals surface area contributed by atoms with Crippen molar-refractivity contribution in [3.63, 3.8) is 0 Å². The highest BCUT2D eigenvalue weighted by Crippen LogP contribution is 2.13. The van der Waals surface area contributed by atoms with Crippen LogP contribution < -0.4 is 5.73 Å². The molecule has 1 heterocycles. The van der Waals surface area contributed by atoms with Crippen LogP contribution in [0, 0.1) is 0 Å². The normalized spacial score (nSPS) is 20.5. The van der Waals surface area contributed by atoms with E-state index in [0.717, 1.165) is 12.8 Å². The zero-order valence-electron chi connectivity index (χ0n) is 8.29. The Balaban J connectivity index is 2.50. The minimum Gasteiger partial charge on any atom is -0.381 e. The second-order valence-electron chi connectivity index (χ2n) is 4.19. The van der Waals surface area contributed by atoms with Gasteiger partial charge in [-0.1, -0.05) is 0 Å². The van der Waals surface area contributed by atoms with Crippen molar-refractivity contribution in [2.24, 2.45) is 5.73 Å². The SMILES string of the molecule is CC(C)(O)C(=O)N1CCC(N)CC1. The third-order valence-corrected chi connectivity index (χ3v) is 2.35. The fourth-order valence-electron chi connectivity index (χ4n) is 1.49. The van der Waals surface area contributed by atoms with Crippen LogP contribution in [0.1, 0.15) is 26.7 Å². The zero-order chi connectivity index (χ0) is 10.1. The highest BCUT2D eigenvalue weighted by Gasteiger charge is 2.31. The van der Waals surface area contributed by atoms with Crippen LogP contribution in [0.2, 0.25) is 0 Å². The summed E-state index contributed by atoms with van der Waals surface area (Å²) < 4.78 is 0. The second-order valence-corrected chi connectivity index (χ2v) is 4.19. The predicted octanol–water partition coefficient (Wildman–Crippen LogP) is -0.293. The maximum Gasteiger partial charge on any atom is 0.253 e. The van der Waals surface area contributed by atoms with Gasteiger partial charge in [-0.2, -0.15) is 0 Å². The Morgan fingerprint density at radius 1 is 1.46 bits per heavy atom. The lowest BCUT2D eigenvalue weighted by Crippen LogP contribution is -2.50. The molecule has 0 unspecified atom stereocenters. The van der Waals surface area contributed by atoms with E-state index >= 15 is 0 Å². The minimum atomic E-state index is -1.25. The van der Waals surface area contributed by atoms with Crippen LogP contribution in [0.4, 0.5) is 0 Å². The van der Waals surface area contributed by atoms with Gasteiger partial charge in [-0.3, -0.25) is 4.79 Å². The van der Waals surface area contributed by atoms with Crippen molar-refractivity contribution in [2.75, 3.05) is 13.1 Å². The molecule has 1 amide bonds. The monoisotopic (exact) mass is 186 g/mol. The summed E-state index contributed by atoms with van der Waals surface area (Å²) in [6, 6.07) is 0.214. The largest absolute Gasteiger partial charge is 0.381 e. The van der Waals surface area contributed by atoms with Gasteiger partial charge >= 0.3 is 0 Å². The fraction of sp³-hybridized carbons (Fsp3) is 0.889. The van der Waals surface area contributed by atoms with Gasteiger partial charge in [-0.05, 0) is 26.7 Å². The summed E-state index contributed by atoms with van der Waals surface area (Å²) in [6.07, 6.45) is 1.67. The average molecular weight is 186 g/mol. The molecule has 0 aromatic heterocycles. The fourth-order valence-corrected chi connectivity index (χ4v) is 1.49. The highest BCUT2D eigenvalue weighted by atomic mass is 16.3. The Morgan fingerprint density at radius 2 is 1.92 bits per heavy atom. The molecule has 4 heteroatoms. The lowest BCUT2D eigenvalue weighted by Gasteiger charge is -2.33. The minimum absolute atomic E-state index is 0.195. The van der Waals surface area contributed by atoms with Crippen molar-refractivity contribution in [1.29, 1.82) is 0 Å². The molecule has 0 spiro atoms. The Hall–Kier alpha value is -0.610. The Morgan fingerprint density at radius 3 is 2.31 bits per heavy atom. The van der Waals surface area contributed by atoms with Gasteiger partial charge < -0.3 is 15.7 Å². The molecule has 4 nitrogen and oxygen atoms in total. The van der Waals surface area contributed by atoms with E-state index in [1.165, 1.54) is 13.8 Å². The number of likely N-dealkylation sites (tertiary alicyclic amines) is 1. The molecule has 1 saturated heterocycles. The van der Waals surface area contributed by atoms with Crippen LogP contribution in [0.15, 0.2) is 0 Å². The van der Waals surface area contributed by atoms with Crippen LogP contribution in [0.3, 0.4) is 0 Å². The molecular weight excluding hydrogens is 168 g/mol. The molecule has 1 aliphatic rings. The summed E-state index contributed by atoms with van der Waals surface area (Å²) in [5, 5.41) is 9.48. The molecule has 1 aliphatic heterocycles. The first kappa shape index (κ1) is 10.5. The van der Waals surface area contributed by atoms with Gasteiger partial charge in [-0.15, -0.1) is 0 Å².